The molecule has 2 aromatic carbocycles. The number of carbonyl (C=O) groups excluding carboxylic acids is 2. The lowest BCUT2D eigenvalue weighted by molar-refractivity contribution is -0.127. The molecule has 0 saturated carbocycles. The van der Waals surface area contributed by atoms with E-state index in [0.717, 1.165) is 40.9 Å². The summed E-state index contributed by atoms with van der Waals surface area (Å²) in [6.07, 6.45) is 1.24. The van der Waals surface area contributed by atoms with Crippen molar-refractivity contribution in [3.63, 3.8) is 0 Å². The minimum atomic E-state index is -4.19. The molecule has 1 N–H and O–H groups in total. The second-order valence-electron chi connectivity index (χ2n) is 6.63. The van der Waals surface area contributed by atoms with Crippen molar-refractivity contribution in [3.05, 3.63) is 67.0 Å². The number of amidine groups is 1. The molecule has 168 valence electrons. The maximum Gasteiger partial charge on any atom is 0.284 e. The van der Waals surface area contributed by atoms with E-state index in [1.807, 2.05) is 0 Å². The smallest absolute Gasteiger partial charge is 0.284 e. The van der Waals surface area contributed by atoms with E-state index in [1.54, 1.807) is 24.3 Å². The molecule has 32 heavy (non-hydrogen) atoms. The number of methoxy groups -OCH3 is 1. The molecule has 2 amide bonds. The number of amides is 2. The molecule has 11 heteroatoms. The molecule has 1 heterocycles. The van der Waals surface area contributed by atoms with Crippen LogP contribution >= 0.6 is 11.8 Å². The van der Waals surface area contributed by atoms with Crippen molar-refractivity contribution in [1.29, 1.82) is 0 Å². The van der Waals surface area contributed by atoms with Gasteiger partial charge in [0.1, 0.15) is 16.8 Å². The van der Waals surface area contributed by atoms with E-state index in [-0.39, 0.29) is 23.0 Å². The molecule has 1 fully saturated rings. The first-order chi connectivity index (χ1) is 15.2. The van der Waals surface area contributed by atoms with Crippen LogP contribution in [0.1, 0.15) is 6.42 Å². The van der Waals surface area contributed by atoms with Gasteiger partial charge < -0.3 is 10.1 Å². The van der Waals surface area contributed by atoms with Crippen LogP contribution in [-0.4, -0.2) is 49.2 Å². The van der Waals surface area contributed by atoms with Gasteiger partial charge in [0, 0.05) is 24.7 Å². The van der Waals surface area contributed by atoms with Crippen molar-refractivity contribution in [3.8, 4) is 5.75 Å². The average molecular weight is 478 g/mol. The van der Waals surface area contributed by atoms with Gasteiger partial charge in [0.15, 0.2) is 5.17 Å². The quantitative estimate of drug-likeness (QED) is 0.586. The first-order valence-corrected chi connectivity index (χ1v) is 11.7. The van der Waals surface area contributed by atoms with Crippen molar-refractivity contribution in [1.82, 2.24) is 4.90 Å². The minimum Gasteiger partial charge on any atom is -0.497 e. The summed E-state index contributed by atoms with van der Waals surface area (Å²) in [5.74, 6) is -0.904. The monoisotopic (exact) mass is 477 g/mol. The van der Waals surface area contributed by atoms with Crippen LogP contribution in [0.4, 0.5) is 10.1 Å². The molecule has 2 aromatic rings. The van der Waals surface area contributed by atoms with Crippen LogP contribution in [0.2, 0.25) is 0 Å². The Morgan fingerprint density at radius 3 is 2.69 bits per heavy atom. The third-order valence-corrected chi connectivity index (χ3v) is 6.94. The third-order valence-electron chi connectivity index (χ3n) is 4.37. The SMILES string of the molecule is C=CCN1C(=O)C(CC(=O)Nc2cccc(OC)c2)SC1=NS(=O)(=O)c1ccc(F)cc1. The number of rotatable bonds is 8. The highest BCUT2D eigenvalue weighted by atomic mass is 32.2. The number of nitrogens with zero attached hydrogens (tertiary/aromatic N) is 2. The van der Waals surface area contributed by atoms with Crippen LogP contribution in [0.25, 0.3) is 0 Å². The highest BCUT2D eigenvalue weighted by molar-refractivity contribution is 8.16. The Kier molecular flexibility index (Phi) is 7.31. The van der Waals surface area contributed by atoms with E-state index in [2.05, 4.69) is 16.3 Å². The molecule has 3 rings (SSSR count). The van der Waals surface area contributed by atoms with Crippen molar-refractivity contribution >= 4 is 44.5 Å². The van der Waals surface area contributed by atoms with Gasteiger partial charge in [-0.1, -0.05) is 23.9 Å². The molecule has 0 spiro atoms. The predicted octanol–water partition coefficient (Wildman–Crippen LogP) is 3.04. The van der Waals surface area contributed by atoms with E-state index in [9.17, 15) is 22.4 Å². The van der Waals surface area contributed by atoms with Crippen molar-refractivity contribution in [2.45, 2.75) is 16.6 Å². The lowest BCUT2D eigenvalue weighted by Crippen LogP contribution is -2.33. The zero-order valence-electron chi connectivity index (χ0n) is 17.0. The first-order valence-electron chi connectivity index (χ1n) is 9.37. The standard InChI is InChI=1S/C21H20FN3O5S2/c1-3-11-25-20(27)18(13-19(26)23-15-5-4-6-16(12-15)30-2)31-21(25)24-32(28,29)17-9-7-14(22)8-10-17/h3-10,12,18H,1,11,13H2,2H3,(H,23,26). The summed E-state index contributed by atoms with van der Waals surface area (Å²) in [4.78, 5) is 26.2. The number of ether oxygens (including phenoxy) is 1. The second-order valence-corrected chi connectivity index (χ2v) is 9.41. The molecule has 0 bridgehead atoms. The molecular weight excluding hydrogens is 457 g/mol. The third kappa shape index (κ3) is 5.54. The molecule has 1 unspecified atom stereocenters. The number of hydrogen-bond acceptors (Lipinski definition) is 6. The number of thioether (sulfide) groups is 1. The average Bonchev–Trinajstić information content (AvgIpc) is 3.02. The van der Waals surface area contributed by atoms with E-state index in [4.69, 9.17) is 4.74 Å². The summed E-state index contributed by atoms with van der Waals surface area (Å²) in [6, 6.07) is 10.9. The molecule has 0 aliphatic carbocycles. The maximum absolute atomic E-state index is 13.1. The second kappa shape index (κ2) is 9.96. The lowest BCUT2D eigenvalue weighted by Gasteiger charge is -2.13. The number of nitrogens with one attached hydrogen (secondary N) is 1. The fraction of sp³-hybridized carbons (Fsp3) is 0.190. The van der Waals surface area contributed by atoms with Crippen molar-refractivity contribution in [2.24, 2.45) is 4.40 Å². The van der Waals surface area contributed by atoms with E-state index in [0.29, 0.717) is 11.4 Å². The molecule has 1 atom stereocenters. The highest BCUT2D eigenvalue weighted by Crippen LogP contribution is 2.31. The molecule has 0 radical (unpaired) electrons. The van der Waals surface area contributed by atoms with Gasteiger partial charge in [-0.25, -0.2) is 4.39 Å². The zero-order chi connectivity index (χ0) is 23.3. The van der Waals surface area contributed by atoms with Crippen LogP contribution < -0.4 is 10.1 Å². The van der Waals surface area contributed by atoms with Gasteiger partial charge in [-0.3, -0.25) is 14.5 Å². The van der Waals surface area contributed by atoms with Gasteiger partial charge in [-0.15, -0.1) is 11.0 Å². The number of carbonyl (C=O) groups is 2. The fourth-order valence-electron chi connectivity index (χ4n) is 2.85. The highest BCUT2D eigenvalue weighted by Gasteiger charge is 2.39. The summed E-state index contributed by atoms with van der Waals surface area (Å²) in [5.41, 5.74) is 0.500. The van der Waals surface area contributed by atoms with Gasteiger partial charge >= 0.3 is 0 Å². The Balaban J connectivity index is 1.78. The summed E-state index contributed by atoms with van der Waals surface area (Å²) in [5, 5.41) is 1.76. The number of hydrogen-bond donors (Lipinski definition) is 1. The number of halogens is 1. The fourth-order valence-corrected chi connectivity index (χ4v) is 5.21. The molecule has 0 aromatic heterocycles. The van der Waals surface area contributed by atoms with Gasteiger partial charge in [0.2, 0.25) is 11.8 Å². The topological polar surface area (TPSA) is 105 Å². The minimum absolute atomic E-state index is 0.0254. The van der Waals surface area contributed by atoms with Crippen molar-refractivity contribution < 1.29 is 27.1 Å². The van der Waals surface area contributed by atoms with Gasteiger partial charge in [-0.05, 0) is 36.4 Å². The van der Waals surface area contributed by atoms with E-state index < -0.39 is 32.9 Å². The Morgan fingerprint density at radius 1 is 1.31 bits per heavy atom. The van der Waals surface area contributed by atoms with Gasteiger partial charge in [0.05, 0.1) is 12.0 Å². The molecule has 1 aliphatic heterocycles. The summed E-state index contributed by atoms with van der Waals surface area (Å²) in [7, 11) is -2.68. The van der Waals surface area contributed by atoms with Gasteiger partial charge in [-0.2, -0.15) is 8.42 Å². The molecule has 1 saturated heterocycles. The largest absolute Gasteiger partial charge is 0.497 e. The predicted molar refractivity (Wildman–Crippen MR) is 121 cm³/mol. The van der Waals surface area contributed by atoms with Crippen LogP contribution in [0.15, 0.2) is 70.5 Å². The van der Waals surface area contributed by atoms with Crippen LogP contribution in [0.3, 0.4) is 0 Å². The first kappa shape index (κ1) is 23.5. The number of sulfonamides is 1. The summed E-state index contributed by atoms with van der Waals surface area (Å²) < 4.78 is 47.2. The molecule has 8 nitrogen and oxygen atoms in total. The zero-order valence-corrected chi connectivity index (χ0v) is 18.7. The Bertz CT molecular complexity index is 1170. The summed E-state index contributed by atoms with van der Waals surface area (Å²) >= 11 is 0.878. The summed E-state index contributed by atoms with van der Waals surface area (Å²) in [6.45, 7) is 3.60. The van der Waals surface area contributed by atoms with Crippen LogP contribution in [0, 0.1) is 5.82 Å². The molecular formula is C21H20FN3O5S2. The number of anilines is 1. The Morgan fingerprint density at radius 2 is 2.03 bits per heavy atom. The maximum atomic E-state index is 13.1. The van der Waals surface area contributed by atoms with Crippen LogP contribution in [-0.2, 0) is 19.6 Å². The van der Waals surface area contributed by atoms with E-state index in [1.165, 1.54) is 13.2 Å². The van der Waals surface area contributed by atoms with Crippen LogP contribution in [0.5, 0.6) is 5.75 Å². The lowest BCUT2D eigenvalue weighted by atomic mass is 10.2. The normalized spacial score (nSPS) is 17.4. The molecule has 1 aliphatic rings. The van der Waals surface area contributed by atoms with Crippen molar-refractivity contribution in [2.75, 3.05) is 19.0 Å². The Hall–Kier alpha value is -3.18. The van der Waals surface area contributed by atoms with E-state index >= 15 is 0 Å². The number of benzene rings is 2. The Labute approximate surface area is 189 Å². The van der Waals surface area contributed by atoms with Gasteiger partial charge in [0.25, 0.3) is 10.0 Å².